The average molecular weight is 498 g/mol. The monoisotopic (exact) mass is 497 g/mol. The van der Waals surface area contributed by atoms with Crippen molar-refractivity contribution >= 4 is 56.2 Å². The molecule has 0 atom stereocenters. The number of fused-ring (bicyclic) bond motifs is 2. The minimum absolute atomic E-state index is 0. The van der Waals surface area contributed by atoms with Gasteiger partial charge in [-0.1, -0.05) is 42.8 Å². The Labute approximate surface area is 209 Å². The first kappa shape index (κ1) is 23.9. The second-order valence-corrected chi connectivity index (χ2v) is 10.6. The topological polar surface area (TPSA) is 45.2 Å². The number of carbonyl (C=O) groups excluding carboxylic acids is 1. The van der Waals surface area contributed by atoms with E-state index in [4.69, 9.17) is 4.98 Å². The van der Waals surface area contributed by atoms with E-state index < -0.39 is 0 Å². The second-order valence-electron chi connectivity index (χ2n) is 8.47. The highest BCUT2D eigenvalue weighted by atomic mass is 35.5. The third-order valence-corrected chi connectivity index (χ3v) is 8.39. The molecule has 0 radical (unpaired) electrons. The maximum absolute atomic E-state index is 13.1. The van der Waals surface area contributed by atoms with Crippen LogP contribution in [0, 0.1) is 13.8 Å². The number of para-hydroxylation sites is 1. The normalized spacial score (nSPS) is 13.5. The highest BCUT2D eigenvalue weighted by Gasteiger charge is 2.27. The number of hydrogen-bond acceptors (Lipinski definition) is 5. The standard InChI is InChI=1S/C26H27N3OS2.ClH/c1-4-29-12-11-19-22(15-29)32-26(24(19)25-27-20-7-5-6-8-21(20)31-25)28-23(30)14-18-13-16(2)9-10-17(18)3;/h5-10,13H,4,11-12,14-15H2,1-3H3,(H,28,30);1H. The number of anilines is 1. The molecule has 2 aromatic carbocycles. The van der Waals surface area contributed by atoms with Gasteiger partial charge >= 0.3 is 0 Å². The van der Waals surface area contributed by atoms with Crippen molar-refractivity contribution in [2.24, 2.45) is 0 Å². The number of amides is 1. The lowest BCUT2D eigenvalue weighted by Gasteiger charge is -2.25. The zero-order valence-electron chi connectivity index (χ0n) is 19.1. The minimum Gasteiger partial charge on any atom is -0.317 e. The molecular weight excluding hydrogens is 470 g/mol. The van der Waals surface area contributed by atoms with Gasteiger partial charge in [0.2, 0.25) is 5.91 Å². The van der Waals surface area contributed by atoms with Gasteiger partial charge in [-0.3, -0.25) is 9.69 Å². The Morgan fingerprint density at radius 1 is 1.15 bits per heavy atom. The molecule has 1 N–H and O–H groups in total. The van der Waals surface area contributed by atoms with Gasteiger partial charge in [0.25, 0.3) is 0 Å². The van der Waals surface area contributed by atoms with E-state index in [1.54, 1.807) is 22.7 Å². The Balaban J connectivity index is 0.00000259. The summed E-state index contributed by atoms with van der Waals surface area (Å²) in [5, 5.41) is 5.22. The van der Waals surface area contributed by atoms with Crippen LogP contribution in [-0.4, -0.2) is 28.9 Å². The molecule has 1 aliphatic heterocycles. The highest BCUT2D eigenvalue weighted by Crippen LogP contribution is 2.45. The zero-order valence-corrected chi connectivity index (χ0v) is 21.6. The third-order valence-electron chi connectivity index (χ3n) is 6.20. The average Bonchev–Trinajstić information content (AvgIpc) is 3.35. The number of nitrogens with zero attached hydrogens (tertiary/aromatic N) is 2. The van der Waals surface area contributed by atoms with Crippen LogP contribution in [0.1, 0.15) is 34.1 Å². The van der Waals surface area contributed by atoms with Crippen molar-refractivity contribution in [1.82, 2.24) is 9.88 Å². The van der Waals surface area contributed by atoms with Crippen molar-refractivity contribution in [2.45, 2.75) is 40.2 Å². The summed E-state index contributed by atoms with van der Waals surface area (Å²) in [5.74, 6) is 0.0343. The molecule has 5 rings (SSSR count). The van der Waals surface area contributed by atoms with Crippen LogP contribution in [0.4, 0.5) is 5.00 Å². The van der Waals surface area contributed by atoms with Crippen LogP contribution in [-0.2, 0) is 24.2 Å². The molecule has 0 saturated carbocycles. The van der Waals surface area contributed by atoms with Crippen molar-refractivity contribution in [1.29, 1.82) is 0 Å². The van der Waals surface area contributed by atoms with Gasteiger partial charge in [-0.15, -0.1) is 35.1 Å². The molecule has 0 aliphatic carbocycles. The van der Waals surface area contributed by atoms with Gasteiger partial charge in [0, 0.05) is 23.5 Å². The lowest BCUT2D eigenvalue weighted by atomic mass is 10.0. The number of aryl methyl sites for hydroxylation is 2. The molecular formula is C26H28ClN3OS2. The van der Waals surface area contributed by atoms with Crippen LogP contribution in [0.3, 0.4) is 0 Å². The van der Waals surface area contributed by atoms with Crippen LogP contribution in [0.5, 0.6) is 0 Å². The highest BCUT2D eigenvalue weighted by molar-refractivity contribution is 7.22. The number of carbonyl (C=O) groups is 1. The molecule has 2 aromatic heterocycles. The quantitative estimate of drug-likeness (QED) is 0.337. The summed E-state index contributed by atoms with van der Waals surface area (Å²) in [6, 6.07) is 14.6. The fourth-order valence-electron chi connectivity index (χ4n) is 4.35. The van der Waals surface area contributed by atoms with E-state index in [1.165, 1.54) is 20.7 Å². The van der Waals surface area contributed by atoms with Crippen LogP contribution in [0.2, 0.25) is 0 Å². The Morgan fingerprint density at radius 3 is 2.76 bits per heavy atom. The van der Waals surface area contributed by atoms with Gasteiger partial charge in [-0.25, -0.2) is 4.98 Å². The van der Waals surface area contributed by atoms with E-state index in [1.807, 2.05) is 6.07 Å². The van der Waals surface area contributed by atoms with E-state index >= 15 is 0 Å². The fourth-order valence-corrected chi connectivity index (χ4v) is 6.77. The van der Waals surface area contributed by atoms with Gasteiger partial charge in [-0.2, -0.15) is 0 Å². The molecule has 1 aliphatic rings. The molecule has 0 unspecified atom stereocenters. The Bertz CT molecular complexity index is 1280. The number of aromatic nitrogens is 1. The number of benzene rings is 2. The van der Waals surface area contributed by atoms with Gasteiger partial charge in [-0.05, 0) is 55.6 Å². The first-order chi connectivity index (χ1) is 15.5. The first-order valence-electron chi connectivity index (χ1n) is 11.1. The second kappa shape index (κ2) is 9.94. The summed E-state index contributed by atoms with van der Waals surface area (Å²) in [6.07, 6.45) is 1.38. The lowest BCUT2D eigenvalue weighted by Crippen LogP contribution is -2.29. The lowest BCUT2D eigenvalue weighted by molar-refractivity contribution is -0.115. The van der Waals surface area contributed by atoms with Crippen molar-refractivity contribution in [3.8, 4) is 10.6 Å². The van der Waals surface area contributed by atoms with Crippen molar-refractivity contribution in [3.05, 3.63) is 69.6 Å². The molecule has 0 saturated heterocycles. The van der Waals surface area contributed by atoms with Crippen LogP contribution >= 0.6 is 35.1 Å². The number of thiophene rings is 1. The molecule has 0 fully saturated rings. The van der Waals surface area contributed by atoms with Crippen LogP contribution < -0.4 is 5.32 Å². The van der Waals surface area contributed by atoms with E-state index in [-0.39, 0.29) is 18.3 Å². The first-order valence-corrected chi connectivity index (χ1v) is 12.7. The molecule has 33 heavy (non-hydrogen) atoms. The van der Waals surface area contributed by atoms with Crippen LogP contribution in [0.25, 0.3) is 20.8 Å². The summed E-state index contributed by atoms with van der Waals surface area (Å²) < 4.78 is 1.18. The molecule has 4 nitrogen and oxygen atoms in total. The largest absolute Gasteiger partial charge is 0.317 e. The number of rotatable bonds is 5. The molecule has 0 bridgehead atoms. The third kappa shape index (κ3) is 4.85. The zero-order chi connectivity index (χ0) is 22.2. The summed E-state index contributed by atoms with van der Waals surface area (Å²) in [5.41, 5.74) is 6.94. The predicted octanol–water partition coefficient (Wildman–Crippen LogP) is 6.62. The SMILES string of the molecule is CCN1CCc2c(sc(NC(=O)Cc3cc(C)ccc3C)c2-c2nc3ccccc3s2)C1.Cl. The van der Waals surface area contributed by atoms with Gasteiger partial charge < -0.3 is 5.32 Å². The van der Waals surface area contributed by atoms with Gasteiger partial charge in [0.05, 0.1) is 16.6 Å². The molecule has 1 amide bonds. The number of hydrogen-bond donors (Lipinski definition) is 1. The Morgan fingerprint density at radius 2 is 1.97 bits per heavy atom. The van der Waals surface area contributed by atoms with Crippen LogP contribution in [0.15, 0.2) is 42.5 Å². The maximum atomic E-state index is 13.1. The number of nitrogens with one attached hydrogen (secondary N) is 1. The van der Waals surface area contributed by atoms with Crippen molar-refractivity contribution in [2.75, 3.05) is 18.4 Å². The maximum Gasteiger partial charge on any atom is 0.229 e. The van der Waals surface area contributed by atoms with E-state index in [0.29, 0.717) is 6.42 Å². The van der Waals surface area contributed by atoms with E-state index in [2.05, 4.69) is 67.4 Å². The smallest absolute Gasteiger partial charge is 0.229 e. The van der Waals surface area contributed by atoms with Crippen molar-refractivity contribution < 1.29 is 4.79 Å². The van der Waals surface area contributed by atoms with E-state index in [9.17, 15) is 4.79 Å². The molecule has 0 spiro atoms. The Hall–Kier alpha value is -2.25. The Kier molecular flexibility index (Phi) is 7.19. The summed E-state index contributed by atoms with van der Waals surface area (Å²) >= 11 is 3.44. The minimum atomic E-state index is 0. The van der Waals surface area contributed by atoms with Gasteiger partial charge in [0.15, 0.2) is 0 Å². The number of halogens is 1. The predicted molar refractivity (Wildman–Crippen MR) is 143 cm³/mol. The molecule has 172 valence electrons. The summed E-state index contributed by atoms with van der Waals surface area (Å²) in [7, 11) is 0. The number of thiazole rings is 1. The van der Waals surface area contributed by atoms with E-state index in [0.717, 1.165) is 58.3 Å². The van der Waals surface area contributed by atoms with Gasteiger partial charge in [0.1, 0.15) is 10.0 Å². The molecule has 3 heterocycles. The summed E-state index contributed by atoms with van der Waals surface area (Å²) in [4.78, 5) is 21.9. The fraction of sp³-hybridized carbons (Fsp3) is 0.308. The molecule has 4 aromatic rings. The summed E-state index contributed by atoms with van der Waals surface area (Å²) in [6.45, 7) is 9.38. The molecule has 7 heteroatoms. The number of likely N-dealkylation sites (N-methyl/N-ethyl adjacent to an activating group) is 1. The van der Waals surface area contributed by atoms with Crippen molar-refractivity contribution in [3.63, 3.8) is 0 Å².